The number of halogens is 1. The van der Waals surface area contributed by atoms with E-state index < -0.39 is 9.84 Å². The molecule has 2 aromatic rings. The number of nitrogens with zero attached hydrogens (tertiary/aromatic N) is 3. The first kappa shape index (κ1) is 17.6. The van der Waals surface area contributed by atoms with Gasteiger partial charge in [0.2, 0.25) is 5.91 Å². The lowest BCUT2D eigenvalue weighted by Gasteiger charge is -2.26. The highest BCUT2D eigenvalue weighted by Gasteiger charge is 2.26. The Morgan fingerprint density at radius 1 is 1.16 bits per heavy atom. The molecule has 0 unspecified atom stereocenters. The first-order valence-electron chi connectivity index (χ1n) is 8.06. The maximum Gasteiger partial charge on any atom is 0.227 e. The van der Waals surface area contributed by atoms with Gasteiger partial charge in [0.25, 0.3) is 0 Å². The predicted molar refractivity (Wildman–Crippen MR) is 91.9 cm³/mol. The fourth-order valence-electron chi connectivity index (χ4n) is 2.99. The smallest absolute Gasteiger partial charge is 0.227 e. The summed E-state index contributed by atoms with van der Waals surface area (Å²) in [5.74, 6) is -0.377. The second-order valence-corrected chi connectivity index (χ2v) is 8.55. The van der Waals surface area contributed by atoms with Crippen LogP contribution in [0.4, 0.5) is 4.39 Å². The SMILES string of the molecule is Cc1nn(-c2ccc(F)cc2)c(C)c1CC(=O)N1CCS(=O)(=O)CC1. The average Bonchev–Trinajstić information content (AvgIpc) is 2.83. The molecule has 6 nitrogen and oxygen atoms in total. The van der Waals surface area contributed by atoms with Gasteiger partial charge < -0.3 is 4.90 Å². The fourth-order valence-corrected chi connectivity index (χ4v) is 4.19. The van der Waals surface area contributed by atoms with Crippen molar-refractivity contribution in [3.63, 3.8) is 0 Å². The Morgan fingerprint density at radius 3 is 2.36 bits per heavy atom. The van der Waals surface area contributed by atoms with E-state index in [2.05, 4.69) is 5.10 Å². The van der Waals surface area contributed by atoms with Crippen molar-refractivity contribution in [2.45, 2.75) is 20.3 Å². The normalized spacial score (nSPS) is 16.8. The second kappa shape index (κ2) is 6.59. The molecule has 1 aromatic carbocycles. The molecule has 1 aliphatic rings. The molecule has 0 radical (unpaired) electrons. The second-order valence-electron chi connectivity index (χ2n) is 6.25. The molecule has 0 N–H and O–H groups in total. The van der Waals surface area contributed by atoms with E-state index in [9.17, 15) is 17.6 Å². The number of rotatable bonds is 3. The number of aryl methyl sites for hydroxylation is 1. The summed E-state index contributed by atoms with van der Waals surface area (Å²) < 4.78 is 37.8. The molecule has 3 rings (SSSR count). The van der Waals surface area contributed by atoms with Crippen molar-refractivity contribution >= 4 is 15.7 Å². The number of benzene rings is 1. The van der Waals surface area contributed by atoms with Crippen LogP contribution in [0.25, 0.3) is 5.69 Å². The van der Waals surface area contributed by atoms with Crippen molar-refractivity contribution in [3.8, 4) is 5.69 Å². The molecule has 0 atom stereocenters. The monoisotopic (exact) mass is 365 g/mol. The molecule has 134 valence electrons. The zero-order chi connectivity index (χ0) is 18.2. The number of carbonyl (C=O) groups excluding carboxylic acids is 1. The Morgan fingerprint density at radius 2 is 1.76 bits per heavy atom. The third-order valence-corrected chi connectivity index (χ3v) is 6.15. The summed E-state index contributed by atoms with van der Waals surface area (Å²) in [6.45, 7) is 4.18. The van der Waals surface area contributed by atoms with Gasteiger partial charge in [0.05, 0.1) is 29.3 Å². The van der Waals surface area contributed by atoms with Gasteiger partial charge in [-0.3, -0.25) is 4.79 Å². The number of aromatic nitrogens is 2. The number of carbonyl (C=O) groups is 1. The quantitative estimate of drug-likeness (QED) is 0.825. The summed E-state index contributed by atoms with van der Waals surface area (Å²) in [6, 6.07) is 6.00. The van der Waals surface area contributed by atoms with Crippen molar-refractivity contribution in [2.24, 2.45) is 0 Å². The van der Waals surface area contributed by atoms with Crippen LogP contribution >= 0.6 is 0 Å². The fraction of sp³-hybridized carbons (Fsp3) is 0.412. The van der Waals surface area contributed by atoms with E-state index in [0.29, 0.717) is 0 Å². The molecule has 25 heavy (non-hydrogen) atoms. The summed E-state index contributed by atoms with van der Waals surface area (Å²) in [5, 5.41) is 4.46. The molecule has 0 spiro atoms. The Kier molecular flexibility index (Phi) is 4.64. The minimum absolute atomic E-state index is 0.0194. The van der Waals surface area contributed by atoms with Gasteiger partial charge in [-0.1, -0.05) is 0 Å². The van der Waals surface area contributed by atoms with E-state index in [4.69, 9.17) is 0 Å². The topological polar surface area (TPSA) is 72.3 Å². The van der Waals surface area contributed by atoms with Gasteiger partial charge in [0.15, 0.2) is 9.84 Å². The van der Waals surface area contributed by atoms with E-state index in [1.54, 1.807) is 21.7 Å². The molecule has 0 saturated carbocycles. The molecule has 0 aliphatic carbocycles. The molecular weight excluding hydrogens is 345 g/mol. The first-order valence-corrected chi connectivity index (χ1v) is 9.88. The van der Waals surface area contributed by atoms with Crippen LogP contribution in [0.1, 0.15) is 17.0 Å². The van der Waals surface area contributed by atoms with Crippen LogP contribution in [-0.4, -0.2) is 53.6 Å². The Bertz CT molecular complexity index is 890. The number of sulfone groups is 1. The van der Waals surface area contributed by atoms with Crippen LogP contribution in [0.5, 0.6) is 0 Å². The summed E-state index contributed by atoms with van der Waals surface area (Å²) in [6.07, 6.45) is 0.179. The lowest BCUT2D eigenvalue weighted by atomic mass is 10.1. The van der Waals surface area contributed by atoms with Gasteiger partial charge in [-0.25, -0.2) is 17.5 Å². The Hall–Kier alpha value is -2.22. The van der Waals surface area contributed by atoms with Gasteiger partial charge >= 0.3 is 0 Å². The third kappa shape index (κ3) is 3.73. The van der Waals surface area contributed by atoms with Crippen LogP contribution in [0, 0.1) is 19.7 Å². The summed E-state index contributed by atoms with van der Waals surface area (Å²) in [4.78, 5) is 14.1. The standard InChI is InChI=1S/C17H20FN3O3S/c1-12-16(11-17(22)20-7-9-25(23,24)10-8-20)13(2)21(19-12)15-5-3-14(18)4-6-15/h3-6H,7-11H2,1-2H3. The maximum atomic E-state index is 13.1. The van der Waals surface area contributed by atoms with Crippen molar-refractivity contribution in [2.75, 3.05) is 24.6 Å². The van der Waals surface area contributed by atoms with E-state index in [-0.39, 0.29) is 42.7 Å². The Labute approximate surface area is 146 Å². The molecule has 1 aliphatic heterocycles. The zero-order valence-electron chi connectivity index (χ0n) is 14.2. The molecule has 2 heterocycles. The lowest BCUT2D eigenvalue weighted by molar-refractivity contribution is -0.130. The van der Waals surface area contributed by atoms with Gasteiger partial charge in [-0.05, 0) is 38.1 Å². The Balaban J connectivity index is 1.79. The number of hydrogen-bond donors (Lipinski definition) is 0. The van der Waals surface area contributed by atoms with E-state index in [1.165, 1.54) is 12.1 Å². The highest BCUT2D eigenvalue weighted by atomic mass is 32.2. The average molecular weight is 365 g/mol. The summed E-state index contributed by atoms with van der Waals surface area (Å²) >= 11 is 0. The highest BCUT2D eigenvalue weighted by molar-refractivity contribution is 7.91. The molecule has 1 fully saturated rings. The summed E-state index contributed by atoms with van der Waals surface area (Å²) in [7, 11) is -3.01. The molecule has 1 saturated heterocycles. The largest absolute Gasteiger partial charge is 0.340 e. The van der Waals surface area contributed by atoms with Crippen molar-refractivity contribution in [1.29, 1.82) is 0 Å². The molecule has 0 bridgehead atoms. The third-order valence-electron chi connectivity index (χ3n) is 4.54. The van der Waals surface area contributed by atoms with Crippen LogP contribution < -0.4 is 0 Å². The predicted octanol–water partition coefficient (Wildman–Crippen LogP) is 1.43. The molecular formula is C17H20FN3O3S. The number of amides is 1. The van der Waals surface area contributed by atoms with Crippen LogP contribution in [0.2, 0.25) is 0 Å². The van der Waals surface area contributed by atoms with Crippen molar-refractivity contribution in [3.05, 3.63) is 47.0 Å². The zero-order valence-corrected chi connectivity index (χ0v) is 15.0. The van der Waals surface area contributed by atoms with Crippen molar-refractivity contribution < 1.29 is 17.6 Å². The molecule has 1 amide bonds. The lowest BCUT2D eigenvalue weighted by Crippen LogP contribution is -2.44. The van der Waals surface area contributed by atoms with E-state index in [1.807, 2.05) is 13.8 Å². The van der Waals surface area contributed by atoms with E-state index >= 15 is 0 Å². The first-order chi connectivity index (χ1) is 11.8. The number of hydrogen-bond acceptors (Lipinski definition) is 4. The highest BCUT2D eigenvalue weighted by Crippen LogP contribution is 2.20. The maximum absolute atomic E-state index is 13.1. The minimum atomic E-state index is -3.01. The van der Waals surface area contributed by atoms with Gasteiger partial charge in [0, 0.05) is 24.3 Å². The van der Waals surface area contributed by atoms with Gasteiger partial charge in [-0.15, -0.1) is 0 Å². The molecule has 8 heteroatoms. The molecule has 1 aromatic heterocycles. The summed E-state index contributed by atoms with van der Waals surface area (Å²) in [5.41, 5.74) is 3.11. The van der Waals surface area contributed by atoms with Gasteiger partial charge in [-0.2, -0.15) is 5.10 Å². The van der Waals surface area contributed by atoms with Crippen LogP contribution in [0.15, 0.2) is 24.3 Å². The van der Waals surface area contributed by atoms with Crippen LogP contribution in [0.3, 0.4) is 0 Å². The van der Waals surface area contributed by atoms with Gasteiger partial charge in [0.1, 0.15) is 5.82 Å². The minimum Gasteiger partial charge on any atom is -0.340 e. The van der Waals surface area contributed by atoms with Crippen LogP contribution in [-0.2, 0) is 21.1 Å². The van der Waals surface area contributed by atoms with E-state index in [0.717, 1.165) is 22.6 Å². The van der Waals surface area contributed by atoms with Crippen molar-refractivity contribution in [1.82, 2.24) is 14.7 Å².